The molecule has 0 aromatic heterocycles. The Bertz CT molecular complexity index is 581. The van der Waals surface area contributed by atoms with Gasteiger partial charge >= 0.3 is 0 Å². The van der Waals surface area contributed by atoms with Gasteiger partial charge in [-0.05, 0) is 60.1 Å². The predicted octanol–water partition coefficient (Wildman–Crippen LogP) is 3.99. The van der Waals surface area contributed by atoms with Gasteiger partial charge in [-0.25, -0.2) is 0 Å². The van der Waals surface area contributed by atoms with Gasteiger partial charge in [0.25, 0.3) is 0 Å². The molecule has 0 amide bonds. The zero-order valence-electron chi connectivity index (χ0n) is 11.0. The lowest BCUT2D eigenvalue weighted by Gasteiger charge is -2.13. The monoisotopic (exact) mass is 254 g/mol. The highest BCUT2D eigenvalue weighted by atomic mass is 16.3. The highest BCUT2D eigenvalue weighted by molar-refractivity contribution is 5.69. The summed E-state index contributed by atoms with van der Waals surface area (Å²) in [5, 5.41) is 19.5. The van der Waals surface area contributed by atoms with Crippen LogP contribution < -0.4 is 0 Å². The Balaban J connectivity index is 2.02. The summed E-state index contributed by atoms with van der Waals surface area (Å²) in [6.45, 7) is 1.74. The van der Waals surface area contributed by atoms with Crippen LogP contribution in [0.15, 0.2) is 42.5 Å². The van der Waals surface area contributed by atoms with Gasteiger partial charge in [0.15, 0.2) is 0 Å². The summed E-state index contributed by atoms with van der Waals surface area (Å²) in [6, 6.07) is 13.6. The molecule has 0 heterocycles. The Hall–Kier alpha value is -1.80. The van der Waals surface area contributed by atoms with Crippen molar-refractivity contribution in [3.05, 3.63) is 53.6 Å². The molecule has 0 spiro atoms. The van der Waals surface area contributed by atoms with Crippen molar-refractivity contribution >= 4 is 0 Å². The van der Waals surface area contributed by atoms with Crippen LogP contribution in [-0.2, 0) is 0 Å². The summed E-state index contributed by atoms with van der Waals surface area (Å²) in [4.78, 5) is 0. The molecule has 1 unspecified atom stereocenters. The fourth-order valence-corrected chi connectivity index (χ4v) is 2.51. The number of phenols is 1. The Kier molecular flexibility index (Phi) is 3.03. The number of aliphatic hydroxyl groups excluding tert-OH is 1. The van der Waals surface area contributed by atoms with Crippen molar-refractivity contribution in [3.63, 3.8) is 0 Å². The van der Waals surface area contributed by atoms with E-state index in [1.807, 2.05) is 0 Å². The Morgan fingerprint density at radius 2 is 1.74 bits per heavy atom. The van der Waals surface area contributed by atoms with Crippen LogP contribution in [0.1, 0.15) is 42.9 Å². The van der Waals surface area contributed by atoms with E-state index in [0.717, 1.165) is 22.6 Å². The van der Waals surface area contributed by atoms with Gasteiger partial charge < -0.3 is 10.2 Å². The van der Waals surface area contributed by atoms with Gasteiger partial charge in [-0.3, -0.25) is 0 Å². The molecule has 1 aliphatic carbocycles. The van der Waals surface area contributed by atoms with E-state index in [2.05, 4.69) is 24.3 Å². The second-order valence-corrected chi connectivity index (χ2v) is 5.34. The van der Waals surface area contributed by atoms with E-state index in [4.69, 9.17) is 0 Å². The number of aliphatic hydroxyl groups is 1. The number of hydrogen-bond donors (Lipinski definition) is 2. The van der Waals surface area contributed by atoms with E-state index in [1.165, 1.54) is 18.4 Å². The van der Waals surface area contributed by atoms with Crippen LogP contribution in [0, 0.1) is 0 Å². The van der Waals surface area contributed by atoms with Crippen molar-refractivity contribution in [3.8, 4) is 16.9 Å². The molecule has 2 N–H and O–H groups in total. The van der Waals surface area contributed by atoms with Gasteiger partial charge in [-0.1, -0.05) is 30.3 Å². The molecule has 98 valence electrons. The number of aromatic hydroxyl groups is 1. The minimum atomic E-state index is -0.543. The minimum absolute atomic E-state index is 0.227. The van der Waals surface area contributed by atoms with Gasteiger partial charge in [-0.15, -0.1) is 0 Å². The molecule has 0 radical (unpaired) electrons. The predicted molar refractivity (Wildman–Crippen MR) is 76.2 cm³/mol. The molecule has 0 bridgehead atoms. The summed E-state index contributed by atoms with van der Waals surface area (Å²) in [7, 11) is 0. The summed E-state index contributed by atoms with van der Waals surface area (Å²) in [5.74, 6) is 0.972. The lowest BCUT2D eigenvalue weighted by Crippen LogP contribution is -1.95. The molecular weight excluding hydrogens is 236 g/mol. The molecule has 1 saturated carbocycles. The highest BCUT2D eigenvalue weighted by Crippen LogP contribution is 2.41. The average Bonchev–Trinajstić information content (AvgIpc) is 3.23. The van der Waals surface area contributed by atoms with E-state index in [-0.39, 0.29) is 5.75 Å². The van der Waals surface area contributed by atoms with E-state index in [0.29, 0.717) is 0 Å². The summed E-state index contributed by atoms with van der Waals surface area (Å²) < 4.78 is 0. The third-order valence-electron chi connectivity index (χ3n) is 3.76. The molecule has 1 fully saturated rings. The van der Waals surface area contributed by atoms with Crippen molar-refractivity contribution in [2.45, 2.75) is 31.8 Å². The van der Waals surface area contributed by atoms with Crippen LogP contribution in [-0.4, -0.2) is 10.2 Å². The summed E-state index contributed by atoms with van der Waals surface area (Å²) in [6.07, 6.45) is 2.05. The average molecular weight is 254 g/mol. The Labute approximate surface area is 113 Å². The molecule has 19 heavy (non-hydrogen) atoms. The van der Waals surface area contributed by atoms with Gasteiger partial charge in [0, 0.05) is 0 Å². The third-order valence-corrected chi connectivity index (χ3v) is 3.76. The lowest BCUT2D eigenvalue weighted by molar-refractivity contribution is 0.200. The first-order chi connectivity index (χ1) is 9.15. The van der Waals surface area contributed by atoms with Gasteiger partial charge in [0.1, 0.15) is 5.75 Å². The van der Waals surface area contributed by atoms with Crippen LogP contribution in [0.2, 0.25) is 0 Å². The standard InChI is InChI=1S/C17H18O2/c1-11(18)16-9-8-15(19)10-17(16)14-6-4-13(5-7-14)12-2-3-12/h4-12,18-19H,2-3H2,1H3. The number of hydrogen-bond acceptors (Lipinski definition) is 2. The molecular formula is C17H18O2. The molecule has 3 rings (SSSR count). The highest BCUT2D eigenvalue weighted by Gasteiger charge is 2.23. The Morgan fingerprint density at radius 3 is 2.32 bits per heavy atom. The van der Waals surface area contributed by atoms with Crippen LogP contribution in [0.3, 0.4) is 0 Å². The van der Waals surface area contributed by atoms with E-state index in [1.54, 1.807) is 25.1 Å². The zero-order valence-corrected chi connectivity index (χ0v) is 11.0. The molecule has 0 saturated heterocycles. The maximum absolute atomic E-state index is 9.83. The maximum atomic E-state index is 9.83. The third kappa shape index (κ3) is 2.49. The van der Waals surface area contributed by atoms with Crippen molar-refractivity contribution in [2.75, 3.05) is 0 Å². The van der Waals surface area contributed by atoms with Crippen molar-refractivity contribution in [1.29, 1.82) is 0 Å². The van der Waals surface area contributed by atoms with Crippen LogP contribution in [0.5, 0.6) is 5.75 Å². The van der Waals surface area contributed by atoms with Gasteiger partial charge in [0.05, 0.1) is 6.10 Å². The fourth-order valence-electron chi connectivity index (χ4n) is 2.51. The smallest absolute Gasteiger partial charge is 0.116 e. The van der Waals surface area contributed by atoms with Crippen molar-refractivity contribution < 1.29 is 10.2 Å². The van der Waals surface area contributed by atoms with E-state index in [9.17, 15) is 10.2 Å². The maximum Gasteiger partial charge on any atom is 0.116 e. The van der Waals surface area contributed by atoms with Gasteiger partial charge in [0.2, 0.25) is 0 Å². The van der Waals surface area contributed by atoms with Crippen LogP contribution >= 0.6 is 0 Å². The topological polar surface area (TPSA) is 40.5 Å². The largest absolute Gasteiger partial charge is 0.508 e. The SMILES string of the molecule is CC(O)c1ccc(O)cc1-c1ccc(C2CC2)cc1. The zero-order chi connectivity index (χ0) is 13.4. The molecule has 1 atom stereocenters. The normalized spacial score (nSPS) is 16.3. The Morgan fingerprint density at radius 1 is 1.05 bits per heavy atom. The quantitative estimate of drug-likeness (QED) is 0.869. The number of rotatable bonds is 3. The summed E-state index contributed by atoms with van der Waals surface area (Å²) in [5.41, 5.74) is 4.17. The minimum Gasteiger partial charge on any atom is -0.508 e. The number of benzene rings is 2. The van der Waals surface area contributed by atoms with Gasteiger partial charge in [-0.2, -0.15) is 0 Å². The second-order valence-electron chi connectivity index (χ2n) is 5.34. The molecule has 0 aliphatic heterocycles. The van der Waals surface area contributed by atoms with Crippen molar-refractivity contribution in [1.82, 2.24) is 0 Å². The molecule has 1 aliphatic rings. The molecule has 2 aromatic rings. The van der Waals surface area contributed by atoms with E-state index >= 15 is 0 Å². The molecule has 2 aromatic carbocycles. The molecule has 2 nitrogen and oxygen atoms in total. The van der Waals surface area contributed by atoms with Crippen LogP contribution in [0.4, 0.5) is 0 Å². The molecule has 2 heteroatoms. The lowest BCUT2D eigenvalue weighted by atomic mass is 9.95. The fraction of sp³-hybridized carbons (Fsp3) is 0.294. The first-order valence-electron chi connectivity index (χ1n) is 6.76. The number of phenolic OH excluding ortho intramolecular Hbond substituents is 1. The van der Waals surface area contributed by atoms with E-state index < -0.39 is 6.10 Å². The first-order valence-corrected chi connectivity index (χ1v) is 6.76. The van der Waals surface area contributed by atoms with Crippen molar-refractivity contribution in [2.24, 2.45) is 0 Å². The van der Waals surface area contributed by atoms with Crippen LogP contribution in [0.25, 0.3) is 11.1 Å². The summed E-state index contributed by atoms with van der Waals surface area (Å²) >= 11 is 0. The second kappa shape index (κ2) is 4.71. The first kappa shape index (κ1) is 12.2.